The first-order valence-corrected chi connectivity index (χ1v) is 8.46. The Balaban J connectivity index is 4.25. The molecule has 4 heteroatoms. The van der Waals surface area contributed by atoms with Gasteiger partial charge in [0.25, 0.3) is 0 Å². The maximum absolute atomic E-state index is 12.2. The molecule has 0 fully saturated rings. The lowest BCUT2D eigenvalue weighted by Crippen LogP contribution is -2.51. The molecule has 0 aromatic rings. The Hall–Kier alpha value is -0.610. The first-order valence-electron chi connectivity index (χ1n) is 8.46. The van der Waals surface area contributed by atoms with Gasteiger partial charge in [0.2, 0.25) is 0 Å². The van der Waals surface area contributed by atoms with Crippen molar-refractivity contribution in [1.29, 1.82) is 0 Å². The molecule has 0 heterocycles. The van der Waals surface area contributed by atoms with E-state index in [0.717, 1.165) is 44.8 Å². The summed E-state index contributed by atoms with van der Waals surface area (Å²) in [7, 11) is 2.16. The number of esters is 1. The molecule has 0 aliphatic heterocycles. The van der Waals surface area contributed by atoms with Crippen molar-refractivity contribution in [2.45, 2.75) is 65.8 Å². The van der Waals surface area contributed by atoms with Crippen molar-refractivity contribution in [3.8, 4) is 0 Å². The molecule has 4 nitrogen and oxygen atoms in total. The van der Waals surface area contributed by atoms with E-state index in [4.69, 9.17) is 4.74 Å². The Kier molecular flexibility index (Phi) is 10.7. The summed E-state index contributed by atoms with van der Waals surface area (Å²) < 4.78 is 5.23. The molecule has 1 N–H and O–H groups in total. The molecule has 126 valence electrons. The third-order valence-electron chi connectivity index (χ3n) is 3.80. The van der Waals surface area contributed by atoms with Gasteiger partial charge in [0.1, 0.15) is 5.54 Å². The van der Waals surface area contributed by atoms with Crippen molar-refractivity contribution in [2.24, 2.45) is 5.92 Å². The molecule has 0 aromatic heterocycles. The van der Waals surface area contributed by atoms with Crippen LogP contribution in [0.4, 0.5) is 0 Å². The van der Waals surface area contributed by atoms with Gasteiger partial charge in [-0.25, -0.2) is 0 Å². The molecule has 1 unspecified atom stereocenters. The minimum Gasteiger partial charge on any atom is -0.465 e. The van der Waals surface area contributed by atoms with Gasteiger partial charge < -0.3 is 15.0 Å². The predicted molar refractivity (Wildman–Crippen MR) is 89.5 cm³/mol. The van der Waals surface area contributed by atoms with E-state index < -0.39 is 5.54 Å². The number of hydrogen-bond acceptors (Lipinski definition) is 4. The Morgan fingerprint density at radius 2 is 1.95 bits per heavy atom. The molecule has 0 spiro atoms. The van der Waals surface area contributed by atoms with E-state index in [1.54, 1.807) is 0 Å². The van der Waals surface area contributed by atoms with Gasteiger partial charge >= 0.3 is 5.97 Å². The standard InChI is InChI=1S/C17H36N2O2/c1-7-12-18-17(5,16(20)21-8-2)11-9-13-19(6)14-10-15(3)4/h15,18H,7-14H2,1-6H3. The van der Waals surface area contributed by atoms with Crippen molar-refractivity contribution >= 4 is 5.97 Å². The summed E-state index contributed by atoms with van der Waals surface area (Å²) in [6.07, 6.45) is 4.06. The van der Waals surface area contributed by atoms with Crippen molar-refractivity contribution in [1.82, 2.24) is 10.2 Å². The zero-order valence-corrected chi connectivity index (χ0v) is 15.0. The summed E-state index contributed by atoms with van der Waals surface area (Å²) in [5, 5.41) is 3.36. The SMILES string of the molecule is CCCNC(C)(CCCN(C)CCC(C)C)C(=O)OCC. The molecule has 0 aliphatic rings. The third-order valence-corrected chi connectivity index (χ3v) is 3.80. The molecule has 0 saturated carbocycles. The second-order valence-electron chi connectivity index (χ2n) is 6.57. The lowest BCUT2D eigenvalue weighted by atomic mass is 9.95. The highest BCUT2D eigenvalue weighted by Crippen LogP contribution is 2.15. The Bertz CT molecular complexity index is 282. The Morgan fingerprint density at radius 3 is 2.48 bits per heavy atom. The van der Waals surface area contributed by atoms with Crippen LogP contribution in [0, 0.1) is 5.92 Å². The molecule has 0 rings (SSSR count). The highest BCUT2D eigenvalue weighted by atomic mass is 16.5. The molecule has 21 heavy (non-hydrogen) atoms. The molecule has 0 bridgehead atoms. The fourth-order valence-electron chi connectivity index (χ4n) is 2.25. The van der Waals surface area contributed by atoms with Gasteiger partial charge in [0.15, 0.2) is 0 Å². The summed E-state index contributed by atoms with van der Waals surface area (Å²) in [4.78, 5) is 14.5. The molecule has 0 radical (unpaired) electrons. The van der Waals surface area contributed by atoms with Crippen molar-refractivity contribution in [2.75, 3.05) is 33.3 Å². The predicted octanol–water partition coefficient (Wildman–Crippen LogP) is 3.07. The summed E-state index contributed by atoms with van der Waals surface area (Å²) in [6, 6.07) is 0. The van der Waals surface area contributed by atoms with Crippen LogP contribution in [0.3, 0.4) is 0 Å². The van der Waals surface area contributed by atoms with Gasteiger partial charge in [-0.05, 0) is 72.1 Å². The van der Waals surface area contributed by atoms with Crippen LogP contribution in [0.15, 0.2) is 0 Å². The number of nitrogens with one attached hydrogen (secondary N) is 1. The van der Waals surface area contributed by atoms with E-state index in [1.807, 2.05) is 13.8 Å². The zero-order chi connectivity index (χ0) is 16.3. The number of nitrogens with zero attached hydrogens (tertiary/aromatic N) is 1. The smallest absolute Gasteiger partial charge is 0.326 e. The largest absolute Gasteiger partial charge is 0.465 e. The highest BCUT2D eigenvalue weighted by Gasteiger charge is 2.33. The van der Waals surface area contributed by atoms with E-state index in [2.05, 4.69) is 38.0 Å². The van der Waals surface area contributed by atoms with Crippen molar-refractivity contribution in [3.05, 3.63) is 0 Å². The number of ether oxygens (including phenoxy) is 1. The van der Waals surface area contributed by atoms with Gasteiger partial charge in [0.05, 0.1) is 6.61 Å². The van der Waals surface area contributed by atoms with E-state index in [1.165, 1.54) is 6.42 Å². The average molecular weight is 300 g/mol. The van der Waals surface area contributed by atoms with Crippen molar-refractivity contribution < 1.29 is 9.53 Å². The van der Waals surface area contributed by atoms with Gasteiger partial charge in [0, 0.05) is 0 Å². The van der Waals surface area contributed by atoms with Crippen LogP contribution in [-0.4, -0.2) is 49.7 Å². The monoisotopic (exact) mass is 300 g/mol. The number of rotatable bonds is 12. The summed E-state index contributed by atoms with van der Waals surface area (Å²) in [5.74, 6) is 0.617. The first kappa shape index (κ1) is 20.4. The highest BCUT2D eigenvalue weighted by molar-refractivity contribution is 5.80. The van der Waals surface area contributed by atoms with Crippen LogP contribution in [0.25, 0.3) is 0 Å². The Morgan fingerprint density at radius 1 is 1.29 bits per heavy atom. The van der Waals surface area contributed by atoms with Crippen molar-refractivity contribution in [3.63, 3.8) is 0 Å². The molecular formula is C17H36N2O2. The number of hydrogen-bond donors (Lipinski definition) is 1. The molecular weight excluding hydrogens is 264 g/mol. The van der Waals surface area contributed by atoms with Crippen LogP contribution < -0.4 is 5.32 Å². The summed E-state index contributed by atoms with van der Waals surface area (Å²) >= 11 is 0. The second kappa shape index (κ2) is 11.0. The van der Waals surface area contributed by atoms with Gasteiger partial charge in [-0.3, -0.25) is 4.79 Å². The minimum absolute atomic E-state index is 0.122. The lowest BCUT2D eigenvalue weighted by Gasteiger charge is -2.29. The first-order chi connectivity index (χ1) is 9.85. The number of carbonyl (C=O) groups is 1. The minimum atomic E-state index is -0.551. The van der Waals surface area contributed by atoms with E-state index in [-0.39, 0.29) is 5.97 Å². The molecule has 0 amide bonds. The number of carbonyl (C=O) groups excluding carboxylic acids is 1. The molecule has 1 atom stereocenters. The van der Waals surface area contributed by atoms with E-state index in [9.17, 15) is 4.79 Å². The maximum Gasteiger partial charge on any atom is 0.326 e. The lowest BCUT2D eigenvalue weighted by molar-refractivity contribution is -0.150. The third kappa shape index (κ3) is 9.10. The molecule has 0 saturated heterocycles. The van der Waals surface area contributed by atoms with Crippen LogP contribution in [0.2, 0.25) is 0 Å². The second-order valence-corrected chi connectivity index (χ2v) is 6.57. The van der Waals surface area contributed by atoms with Gasteiger partial charge in [-0.2, -0.15) is 0 Å². The summed E-state index contributed by atoms with van der Waals surface area (Å²) in [6.45, 7) is 13.9. The fourth-order valence-corrected chi connectivity index (χ4v) is 2.25. The van der Waals surface area contributed by atoms with Gasteiger partial charge in [-0.15, -0.1) is 0 Å². The topological polar surface area (TPSA) is 41.6 Å². The normalized spacial score (nSPS) is 14.5. The quantitative estimate of drug-likeness (QED) is 0.562. The van der Waals surface area contributed by atoms with Crippen LogP contribution >= 0.6 is 0 Å². The molecule has 0 aromatic carbocycles. The Labute approximate surface area is 131 Å². The maximum atomic E-state index is 12.2. The van der Waals surface area contributed by atoms with Crippen LogP contribution in [0.1, 0.15) is 60.3 Å². The fraction of sp³-hybridized carbons (Fsp3) is 0.941. The zero-order valence-electron chi connectivity index (χ0n) is 15.0. The molecule has 0 aliphatic carbocycles. The summed E-state index contributed by atoms with van der Waals surface area (Å²) in [5.41, 5.74) is -0.551. The van der Waals surface area contributed by atoms with Crippen LogP contribution in [0.5, 0.6) is 0 Å². The average Bonchev–Trinajstić information content (AvgIpc) is 2.43. The van der Waals surface area contributed by atoms with E-state index in [0.29, 0.717) is 6.61 Å². The van der Waals surface area contributed by atoms with Gasteiger partial charge in [-0.1, -0.05) is 20.8 Å². The van der Waals surface area contributed by atoms with E-state index >= 15 is 0 Å². The van der Waals surface area contributed by atoms with Crippen LogP contribution in [-0.2, 0) is 9.53 Å².